The van der Waals surface area contributed by atoms with Crippen LogP contribution in [0, 0.1) is 11.3 Å². The highest BCUT2D eigenvalue weighted by Crippen LogP contribution is 2.04. The molecule has 1 unspecified atom stereocenters. The number of hydrogen-bond acceptors (Lipinski definition) is 3. The molecule has 0 aromatic heterocycles. The Bertz CT molecular complexity index is 425. The van der Waals surface area contributed by atoms with E-state index in [0.717, 1.165) is 12.0 Å². The zero-order chi connectivity index (χ0) is 14.1. The van der Waals surface area contributed by atoms with Gasteiger partial charge >= 0.3 is 0 Å². The maximum atomic E-state index is 12.1. The fraction of sp³-hybridized carbons (Fsp3) is 0.467. The minimum atomic E-state index is -0.0364. The van der Waals surface area contributed by atoms with Crippen LogP contribution in [0.25, 0.3) is 0 Å². The van der Waals surface area contributed by atoms with E-state index in [9.17, 15) is 4.79 Å². The first-order valence-corrected chi connectivity index (χ1v) is 6.59. The molecule has 4 heteroatoms. The predicted molar refractivity (Wildman–Crippen MR) is 75.2 cm³/mol. The Hall–Kier alpha value is -1.86. The number of carbonyl (C=O) groups is 1. The molecule has 0 saturated heterocycles. The minimum absolute atomic E-state index is 0.0364. The molecule has 0 fully saturated rings. The molecule has 1 atom stereocenters. The average molecular weight is 259 g/mol. The van der Waals surface area contributed by atoms with Crippen molar-refractivity contribution < 1.29 is 4.79 Å². The molecule has 19 heavy (non-hydrogen) atoms. The second kappa shape index (κ2) is 8.28. The van der Waals surface area contributed by atoms with Gasteiger partial charge in [0.2, 0.25) is 5.91 Å². The Morgan fingerprint density at radius 1 is 1.42 bits per heavy atom. The molecule has 0 bridgehead atoms. The Kier molecular flexibility index (Phi) is 6.62. The van der Waals surface area contributed by atoms with Crippen LogP contribution in [0.1, 0.15) is 25.8 Å². The Morgan fingerprint density at radius 2 is 2.11 bits per heavy atom. The summed E-state index contributed by atoms with van der Waals surface area (Å²) in [6, 6.07) is 12.1. The third-order valence-electron chi connectivity index (χ3n) is 3.04. The van der Waals surface area contributed by atoms with Crippen LogP contribution in [0.2, 0.25) is 0 Å². The molecule has 4 nitrogen and oxygen atoms in total. The first kappa shape index (κ1) is 15.2. The second-order valence-corrected chi connectivity index (χ2v) is 4.58. The molecule has 102 valence electrons. The van der Waals surface area contributed by atoms with Crippen LogP contribution >= 0.6 is 0 Å². The molecule has 0 heterocycles. The minimum Gasteiger partial charge on any atom is -0.324 e. The largest absolute Gasteiger partial charge is 0.324 e. The van der Waals surface area contributed by atoms with Crippen LogP contribution in [0.4, 0.5) is 0 Å². The van der Waals surface area contributed by atoms with Gasteiger partial charge in [-0.05, 0) is 18.9 Å². The number of nitriles is 1. The number of nitrogens with zero attached hydrogens (tertiary/aromatic N) is 2. The molecule has 0 aliphatic carbocycles. The molecule has 0 aliphatic heterocycles. The zero-order valence-corrected chi connectivity index (χ0v) is 11.6. The standard InChI is InChI=1S/C15H21N3O/c1-3-13(2)17-11-15(19)18(10-9-16)12-14-7-5-4-6-8-14/h4-8,13,17H,3,10-12H2,1-2H3. The van der Waals surface area contributed by atoms with Crippen molar-refractivity contribution in [2.45, 2.75) is 32.9 Å². The van der Waals surface area contributed by atoms with Crippen molar-refractivity contribution in [3.8, 4) is 6.07 Å². The van der Waals surface area contributed by atoms with E-state index in [-0.39, 0.29) is 19.0 Å². The summed E-state index contributed by atoms with van der Waals surface area (Å²) >= 11 is 0. The van der Waals surface area contributed by atoms with Gasteiger partial charge in [-0.1, -0.05) is 37.3 Å². The Morgan fingerprint density at radius 3 is 2.68 bits per heavy atom. The summed E-state index contributed by atoms with van der Waals surface area (Å²) in [6.45, 7) is 4.99. The quantitative estimate of drug-likeness (QED) is 0.761. The maximum absolute atomic E-state index is 12.1. The van der Waals surface area contributed by atoms with E-state index < -0.39 is 0 Å². The van der Waals surface area contributed by atoms with Crippen LogP contribution in [0.15, 0.2) is 30.3 Å². The molecular weight excluding hydrogens is 238 g/mol. The fourth-order valence-electron chi connectivity index (χ4n) is 1.64. The molecule has 0 spiro atoms. The van der Waals surface area contributed by atoms with Gasteiger partial charge in [0, 0.05) is 12.6 Å². The predicted octanol–water partition coefficient (Wildman–Crippen LogP) is 1.93. The molecule has 1 N–H and O–H groups in total. The van der Waals surface area contributed by atoms with Gasteiger partial charge in [0.05, 0.1) is 12.6 Å². The summed E-state index contributed by atoms with van der Waals surface area (Å²) in [4.78, 5) is 13.6. The van der Waals surface area contributed by atoms with Gasteiger partial charge in [-0.2, -0.15) is 5.26 Å². The monoisotopic (exact) mass is 259 g/mol. The summed E-state index contributed by atoms with van der Waals surface area (Å²) < 4.78 is 0. The number of rotatable bonds is 7. The third kappa shape index (κ3) is 5.54. The van der Waals surface area contributed by atoms with Gasteiger partial charge in [-0.15, -0.1) is 0 Å². The smallest absolute Gasteiger partial charge is 0.237 e. The third-order valence-corrected chi connectivity index (χ3v) is 3.04. The molecule has 0 saturated carbocycles. The van der Waals surface area contributed by atoms with Gasteiger partial charge in [0.1, 0.15) is 6.54 Å². The van der Waals surface area contributed by atoms with E-state index in [1.54, 1.807) is 4.90 Å². The number of hydrogen-bond donors (Lipinski definition) is 1. The number of carbonyl (C=O) groups excluding carboxylic acids is 1. The molecule has 1 amide bonds. The van der Waals surface area contributed by atoms with E-state index >= 15 is 0 Å². The van der Waals surface area contributed by atoms with Crippen LogP contribution in [-0.4, -0.2) is 29.9 Å². The number of nitrogens with one attached hydrogen (secondary N) is 1. The average Bonchev–Trinajstić information content (AvgIpc) is 2.45. The van der Waals surface area contributed by atoms with Gasteiger partial charge in [0.15, 0.2) is 0 Å². The van der Waals surface area contributed by atoms with Gasteiger partial charge in [-0.3, -0.25) is 4.79 Å². The normalized spacial score (nSPS) is 11.6. The zero-order valence-electron chi connectivity index (χ0n) is 11.6. The highest BCUT2D eigenvalue weighted by atomic mass is 16.2. The highest BCUT2D eigenvalue weighted by molar-refractivity contribution is 5.78. The van der Waals surface area contributed by atoms with Gasteiger partial charge in [-0.25, -0.2) is 0 Å². The van der Waals surface area contributed by atoms with Crippen molar-refractivity contribution in [1.29, 1.82) is 5.26 Å². The molecule has 0 aliphatic rings. The lowest BCUT2D eigenvalue weighted by atomic mass is 10.2. The van der Waals surface area contributed by atoms with Crippen molar-refractivity contribution >= 4 is 5.91 Å². The summed E-state index contributed by atoms with van der Waals surface area (Å²) in [5.41, 5.74) is 1.04. The van der Waals surface area contributed by atoms with Crippen molar-refractivity contribution in [1.82, 2.24) is 10.2 Å². The van der Waals surface area contributed by atoms with Crippen LogP contribution in [0.5, 0.6) is 0 Å². The summed E-state index contributed by atoms with van der Waals surface area (Å²) in [5.74, 6) is -0.0364. The van der Waals surface area contributed by atoms with Crippen LogP contribution < -0.4 is 5.32 Å². The Balaban J connectivity index is 2.57. The lowest BCUT2D eigenvalue weighted by Crippen LogP contribution is -2.40. The van der Waals surface area contributed by atoms with Gasteiger partial charge in [0.25, 0.3) is 0 Å². The Labute approximate surface area is 115 Å². The topological polar surface area (TPSA) is 56.1 Å². The molecule has 1 aromatic carbocycles. The van der Waals surface area contributed by atoms with Crippen LogP contribution in [-0.2, 0) is 11.3 Å². The van der Waals surface area contributed by atoms with E-state index in [2.05, 4.69) is 12.2 Å². The molecule has 1 aromatic rings. The summed E-state index contributed by atoms with van der Waals surface area (Å²) in [5, 5.41) is 12.0. The highest BCUT2D eigenvalue weighted by Gasteiger charge is 2.14. The van der Waals surface area contributed by atoms with Crippen molar-refractivity contribution in [2.75, 3.05) is 13.1 Å². The summed E-state index contributed by atoms with van der Waals surface area (Å²) in [6.07, 6.45) is 0.976. The van der Waals surface area contributed by atoms with Crippen molar-refractivity contribution in [2.24, 2.45) is 0 Å². The molecule has 1 rings (SSSR count). The maximum Gasteiger partial charge on any atom is 0.237 e. The van der Waals surface area contributed by atoms with E-state index in [0.29, 0.717) is 12.6 Å². The second-order valence-electron chi connectivity index (χ2n) is 4.58. The summed E-state index contributed by atoms with van der Waals surface area (Å²) in [7, 11) is 0. The van der Waals surface area contributed by atoms with Crippen molar-refractivity contribution in [3.63, 3.8) is 0 Å². The SMILES string of the molecule is CCC(C)NCC(=O)N(CC#N)Cc1ccccc1. The van der Waals surface area contributed by atoms with Crippen LogP contribution in [0.3, 0.4) is 0 Å². The van der Waals surface area contributed by atoms with Crippen molar-refractivity contribution in [3.05, 3.63) is 35.9 Å². The fourth-order valence-corrected chi connectivity index (χ4v) is 1.64. The number of benzene rings is 1. The van der Waals surface area contributed by atoms with E-state index in [4.69, 9.17) is 5.26 Å². The lowest BCUT2D eigenvalue weighted by Gasteiger charge is -2.21. The van der Waals surface area contributed by atoms with E-state index in [1.165, 1.54) is 0 Å². The first-order chi connectivity index (χ1) is 9.17. The van der Waals surface area contributed by atoms with Gasteiger partial charge < -0.3 is 10.2 Å². The number of amides is 1. The first-order valence-electron chi connectivity index (χ1n) is 6.59. The lowest BCUT2D eigenvalue weighted by molar-refractivity contribution is -0.130. The molecular formula is C15H21N3O. The van der Waals surface area contributed by atoms with E-state index in [1.807, 2.05) is 43.3 Å². The molecule has 0 radical (unpaired) electrons.